The Labute approximate surface area is 103 Å². The average Bonchev–Trinajstić information content (AvgIpc) is 2.28. The van der Waals surface area contributed by atoms with Crippen molar-refractivity contribution < 1.29 is 29.3 Å². The number of hydrogen-bond acceptors (Lipinski definition) is 4. The monoisotopic (exact) mass is 252 g/mol. The molecule has 0 amide bonds. The third kappa shape index (κ3) is 2.48. The van der Waals surface area contributed by atoms with E-state index in [2.05, 4.69) is 6.58 Å². The second-order valence-electron chi connectivity index (χ2n) is 3.64. The summed E-state index contributed by atoms with van der Waals surface area (Å²) in [7, 11) is 0. The van der Waals surface area contributed by atoms with Crippen molar-refractivity contribution in [2.75, 3.05) is 6.61 Å². The summed E-state index contributed by atoms with van der Waals surface area (Å²) >= 11 is 0. The Hall–Kier alpha value is -2.37. The number of hydrogen-bond donors (Lipinski definition) is 2. The summed E-state index contributed by atoms with van der Waals surface area (Å²) in [4.78, 5) is 33.7. The van der Waals surface area contributed by atoms with Gasteiger partial charge in [0.15, 0.2) is 5.78 Å². The molecular formula is C12H12O6. The topological polar surface area (TPSA) is 101 Å². The lowest BCUT2D eigenvalue weighted by atomic mass is 9.88. The maximum absolute atomic E-state index is 11.8. The first-order valence-corrected chi connectivity index (χ1v) is 5.07. The highest BCUT2D eigenvalue weighted by Crippen LogP contribution is 2.27. The second-order valence-corrected chi connectivity index (χ2v) is 3.64. The van der Waals surface area contributed by atoms with Gasteiger partial charge in [-0.05, 0) is 12.5 Å². The Morgan fingerprint density at radius 1 is 1.50 bits per heavy atom. The van der Waals surface area contributed by atoms with Gasteiger partial charge in [0.25, 0.3) is 0 Å². The fourth-order valence-corrected chi connectivity index (χ4v) is 1.58. The molecule has 1 atom stereocenters. The van der Waals surface area contributed by atoms with Crippen LogP contribution in [-0.2, 0) is 19.1 Å². The number of ether oxygens (including phenoxy) is 1. The largest absolute Gasteiger partial charge is 0.488 e. The van der Waals surface area contributed by atoms with Gasteiger partial charge in [-0.3, -0.25) is 9.59 Å². The van der Waals surface area contributed by atoms with E-state index >= 15 is 0 Å². The van der Waals surface area contributed by atoms with Crippen LogP contribution in [0.2, 0.25) is 0 Å². The Kier molecular flexibility index (Phi) is 4.04. The predicted molar refractivity (Wildman–Crippen MR) is 60.7 cm³/mol. The zero-order valence-corrected chi connectivity index (χ0v) is 9.67. The standard InChI is InChI=1S/C12H12O6/c1-3-4-18-10-6(2)5-7(11(14)15)9(13)8(10)12(16)17/h3,5,7H,1,4H2,2H3,(H,14,15)(H,16,17). The summed E-state index contributed by atoms with van der Waals surface area (Å²) in [6.07, 6.45) is 2.57. The highest BCUT2D eigenvalue weighted by atomic mass is 16.5. The summed E-state index contributed by atoms with van der Waals surface area (Å²) in [6.45, 7) is 4.93. The molecule has 0 aromatic rings. The first kappa shape index (κ1) is 13.7. The van der Waals surface area contributed by atoms with Crippen LogP contribution in [-0.4, -0.2) is 34.5 Å². The molecule has 1 unspecified atom stereocenters. The summed E-state index contributed by atoms with van der Waals surface area (Å²) in [5, 5.41) is 17.8. The number of carbonyl (C=O) groups excluding carboxylic acids is 1. The van der Waals surface area contributed by atoms with Gasteiger partial charge in [-0.2, -0.15) is 0 Å². The molecular weight excluding hydrogens is 240 g/mol. The smallest absolute Gasteiger partial charge is 0.343 e. The van der Waals surface area contributed by atoms with E-state index < -0.39 is 29.2 Å². The normalized spacial score (nSPS) is 19.3. The minimum atomic E-state index is -1.50. The van der Waals surface area contributed by atoms with Gasteiger partial charge >= 0.3 is 11.9 Å². The molecule has 0 heterocycles. The van der Waals surface area contributed by atoms with E-state index in [1.807, 2.05) is 0 Å². The summed E-state index contributed by atoms with van der Waals surface area (Å²) in [5.41, 5.74) is -0.328. The molecule has 0 spiro atoms. The Morgan fingerprint density at radius 3 is 2.56 bits per heavy atom. The average molecular weight is 252 g/mol. The van der Waals surface area contributed by atoms with Crippen LogP contribution >= 0.6 is 0 Å². The third-order valence-electron chi connectivity index (χ3n) is 2.36. The molecule has 1 aliphatic carbocycles. The quantitative estimate of drug-likeness (QED) is 0.425. The highest BCUT2D eigenvalue weighted by molar-refractivity contribution is 6.24. The zero-order chi connectivity index (χ0) is 13.9. The van der Waals surface area contributed by atoms with Crippen LogP contribution in [0.5, 0.6) is 0 Å². The van der Waals surface area contributed by atoms with Crippen molar-refractivity contribution in [1.82, 2.24) is 0 Å². The van der Waals surface area contributed by atoms with E-state index in [1.54, 1.807) is 0 Å². The van der Waals surface area contributed by atoms with Crippen LogP contribution in [0, 0.1) is 5.92 Å². The molecule has 0 saturated carbocycles. The van der Waals surface area contributed by atoms with Crippen LogP contribution in [0.25, 0.3) is 0 Å². The molecule has 1 rings (SSSR count). The summed E-state index contributed by atoms with van der Waals surface area (Å²) in [5.74, 6) is -5.46. The first-order valence-electron chi connectivity index (χ1n) is 5.07. The van der Waals surface area contributed by atoms with E-state index in [-0.39, 0.29) is 12.4 Å². The van der Waals surface area contributed by atoms with Crippen molar-refractivity contribution in [2.45, 2.75) is 6.92 Å². The van der Waals surface area contributed by atoms with E-state index in [9.17, 15) is 14.4 Å². The summed E-state index contributed by atoms with van der Waals surface area (Å²) in [6, 6.07) is 0. The van der Waals surface area contributed by atoms with Gasteiger partial charge in [-0.25, -0.2) is 4.79 Å². The lowest BCUT2D eigenvalue weighted by Gasteiger charge is -2.20. The van der Waals surface area contributed by atoms with E-state index in [4.69, 9.17) is 14.9 Å². The minimum Gasteiger partial charge on any atom is -0.488 e. The first-order chi connectivity index (χ1) is 8.40. The number of Topliss-reactive ketones (excluding diaryl/α,β-unsaturated/α-hetero) is 1. The molecule has 0 saturated heterocycles. The maximum Gasteiger partial charge on any atom is 0.343 e. The van der Waals surface area contributed by atoms with Gasteiger partial charge in [0.05, 0.1) is 0 Å². The number of carboxylic acid groups (broad SMARTS) is 2. The van der Waals surface area contributed by atoms with Crippen molar-refractivity contribution in [1.29, 1.82) is 0 Å². The van der Waals surface area contributed by atoms with Crippen molar-refractivity contribution in [3.8, 4) is 0 Å². The van der Waals surface area contributed by atoms with Crippen LogP contribution in [0.4, 0.5) is 0 Å². The molecule has 0 aromatic carbocycles. The van der Waals surface area contributed by atoms with Crippen molar-refractivity contribution >= 4 is 17.7 Å². The number of carboxylic acids is 2. The Balaban J connectivity index is 3.28. The highest BCUT2D eigenvalue weighted by Gasteiger charge is 2.37. The van der Waals surface area contributed by atoms with Gasteiger partial charge in [0.2, 0.25) is 0 Å². The second kappa shape index (κ2) is 5.31. The minimum absolute atomic E-state index is 0.0301. The van der Waals surface area contributed by atoms with Crippen molar-refractivity contribution in [3.63, 3.8) is 0 Å². The van der Waals surface area contributed by atoms with Gasteiger partial charge in [0, 0.05) is 0 Å². The number of aliphatic carboxylic acids is 2. The van der Waals surface area contributed by atoms with E-state index in [0.717, 1.165) is 0 Å². The fourth-order valence-electron chi connectivity index (χ4n) is 1.58. The van der Waals surface area contributed by atoms with Gasteiger partial charge in [-0.15, -0.1) is 0 Å². The summed E-state index contributed by atoms with van der Waals surface area (Å²) < 4.78 is 5.12. The zero-order valence-electron chi connectivity index (χ0n) is 9.67. The van der Waals surface area contributed by atoms with Gasteiger partial charge < -0.3 is 14.9 Å². The lowest BCUT2D eigenvalue weighted by molar-refractivity contribution is -0.144. The van der Waals surface area contributed by atoms with Crippen LogP contribution in [0.1, 0.15) is 6.92 Å². The number of carbonyl (C=O) groups is 3. The van der Waals surface area contributed by atoms with Gasteiger partial charge in [-0.1, -0.05) is 18.7 Å². The molecule has 1 aliphatic rings. The number of ketones is 1. The van der Waals surface area contributed by atoms with E-state index in [0.29, 0.717) is 5.57 Å². The predicted octanol–water partition coefficient (Wildman–Crippen LogP) is 0.757. The maximum atomic E-state index is 11.8. The molecule has 0 bridgehead atoms. The lowest BCUT2D eigenvalue weighted by Crippen LogP contribution is -2.31. The third-order valence-corrected chi connectivity index (χ3v) is 2.36. The van der Waals surface area contributed by atoms with Gasteiger partial charge in [0.1, 0.15) is 23.9 Å². The Bertz CT molecular complexity index is 483. The molecule has 6 heteroatoms. The fraction of sp³-hybridized carbons (Fsp3) is 0.250. The Morgan fingerprint density at radius 2 is 2.11 bits per heavy atom. The molecule has 96 valence electrons. The van der Waals surface area contributed by atoms with Crippen molar-refractivity contribution in [2.24, 2.45) is 5.92 Å². The molecule has 6 nitrogen and oxygen atoms in total. The van der Waals surface area contributed by atoms with Crippen LogP contribution in [0.15, 0.2) is 35.6 Å². The number of rotatable bonds is 5. The molecule has 0 fully saturated rings. The molecule has 2 N–H and O–H groups in total. The van der Waals surface area contributed by atoms with Crippen LogP contribution < -0.4 is 0 Å². The molecule has 0 radical (unpaired) electrons. The molecule has 0 aromatic heterocycles. The van der Waals surface area contributed by atoms with Crippen molar-refractivity contribution in [3.05, 3.63) is 35.6 Å². The molecule has 18 heavy (non-hydrogen) atoms. The SMILES string of the molecule is C=CCOC1=C(C(=O)O)C(=O)C(C(=O)O)C=C1C. The van der Waals surface area contributed by atoms with E-state index in [1.165, 1.54) is 19.1 Å². The molecule has 0 aliphatic heterocycles. The van der Waals surface area contributed by atoms with Crippen LogP contribution in [0.3, 0.4) is 0 Å². The number of allylic oxidation sites excluding steroid dienone is 1.